The molecule has 0 N–H and O–H groups in total. The molecule has 0 saturated carbocycles. The maximum absolute atomic E-state index is 12.9. The van der Waals surface area contributed by atoms with E-state index in [9.17, 15) is 4.79 Å². The molecular weight excluding hydrogens is 346 g/mol. The van der Waals surface area contributed by atoms with E-state index in [1.54, 1.807) is 0 Å². The molecule has 1 aromatic heterocycles. The third-order valence-electron chi connectivity index (χ3n) is 5.55. The van der Waals surface area contributed by atoms with Gasteiger partial charge in [-0.15, -0.1) is 10.2 Å². The number of fused-ring (bicyclic) bond motifs is 2. The average molecular weight is 369 g/mol. The van der Waals surface area contributed by atoms with Gasteiger partial charge in [-0.05, 0) is 30.5 Å². The number of benzene rings is 1. The van der Waals surface area contributed by atoms with Crippen LogP contribution in [0.1, 0.15) is 34.8 Å². The zero-order chi connectivity index (χ0) is 18.2. The van der Waals surface area contributed by atoms with Crippen molar-refractivity contribution in [3.05, 3.63) is 35.4 Å². The van der Waals surface area contributed by atoms with E-state index in [0.717, 1.165) is 62.8 Å². The van der Waals surface area contributed by atoms with E-state index in [4.69, 9.17) is 9.47 Å². The van der Waals surface area contributed by atoms with E-state index < -0.39 is 0 Å². The molecule has 0 radical (unpaired) electrons. The van der Waals surface area contributed by atoms with E-state index in [1.807, 2.05) is 21.6 Å². The Bertz CT molecular complexity index is 857. The second-order valence-corrected chi connectivity index (χ2v) is 7.30. The van der Waals surface area contributed by atoms with Gasteiger partial charge in [-0.25, -0.2) is 0 Å². The topological polar surface area (TPSA) is 72.7 Å². The summed E-state index contributed by atoms with van der Waals surface area (Å²) in [6, 6.07) is 6.09. The maximum atomic E-state index is 12.9. The summed E-state index contributed by atoms with van der Waals surface area (Å²) in [4.78, 5) is 17.1. The highest BCUT2D eigenvalue weighted by Crippen LogP contribution is 2.32. The Hall–Kier alpha value is -2.61. The Kier molecular flexibility index (Phi) is 4.20. The Balaban J connectivity index is 1.20. The molecule has 0 unspecified atom stereocenters. The van der Waals surface area contributed by atoms with Crippen LogP contribution in [0.15, 0.2) is 18.2 Å². The predicted molar refractivity (Wildman–Crippen MR) is 96.7 cm³/mol. The van der Waals surface area contributed by atoms with Crippen molar-refractivity contribution in [1.29, 1.82) is 0 Å². The second-order valence-electron chi connectivity index (χ2n) is 7.30. The molecule has 3 aliphatic rings. The first-order chi connectivity index (χ1) is 13.3. The molecule has 1 amide bonds. The third kappa shape index (κ3) is 3.14. The predicted octanol–water partition coefficient (Wildman–Crippen LogP) is 1.30. The van der Waals surface area contributed by atoms with Crippen molar-refractivity contribution in [1.82, 2.24) is 24.6 Å². The number of piperazine rings is 1. The molecule has 2 aromatic rings. The first kappa shape index (κ1) is 16.6. The van der Waals surface area contributed by atoms with Crippen molar-refractivity contribution < 1.29 is 14.3 Å². The first-order valence-corrected chi connectivity index (χ1v) is 9.60. The van der Waals surface area contributed by atoms with Gasteiger partial charge in [-0.2, -0.15) is 0 Å². The van der Waals surface area contributed by atoms with Crippen LogP contribution in [0.25, 0.3) is 0 Å². The van der Waals surface area contributed by atoms with Gasteiger partial charge in [0.15, 0.2) is 11.5 Å². The fourth-order valence-corrected chi connectivity index (χ4v) is 4.01. The Morgan fingerprint density at radius 3 is 2.74 bits per heavy atom. The van der Waals surface area contributed by atoms with Gasteiger partial charge in [0.05, 0.1) is 0 Å². The number of amides is 1. The number of aryl methyl sites for hydroxylation is 1. The fraction of sp³-hybridized carbons (Fsp3) is 0.526. The fourth-order valence-electron chi connectivity index (χ4n) is 4.01. The molecule has 8 nitrogen and oxygen atoms in total. The van der Waals surface area contributed by atoms with Gasteiger partial charge in [0.2, 0.25) is 12.6 Å². The molecule has 0 spiro atoms. The number of carbonyl (C=O) groups excluding carboxylic acids is 1. The molecule has 1 aromatic carbocycles. The lowest BCUT2D eigenvalue weighted by Gasteiger charge is -2.34. The minimum absolute atomic E-state index is 0.0124. The lowest BCUT2D eigenvalue weighted by Crippen LogP contribution is -2.48. The van der Waals surface area contributed by atoms with E-state index in [2.05, 4.69) is 21.2 Å². The summed E-state index contributed by atoms with van der Waals surface area (Å²) in [7, 11) is 0. The zero-order valence-electron chi connectivity index (χ0n) is 15.3. The molecule has 142 valence electrons. The Morgan fingerprint density at radius 1 is 1.00 bits per heavy atom. The molecule has 1 fully saturated rings. The molecule has 8 heteroatoms. The number of hydrogen-bond donors (Lipinski definition) is 0. The Morgan fingerprint density at radius 2 is 1.85 bits per heavy atom. The van der Waals surface area contributed by atoms with Crippen molar-refractivity contribution in [2.75, 3.05) is 33.0 Å². The molecule has 27 heavy (non-hydrogen) atoms. The van der Waals surface area contributed by atoms with Crippen LogP contribution in [-0.4, -0.2) is 63.4 Å². The van der Waals surface area contributed by atoms with Gasteiger partial charge in [0, 0.05) is 45.7 Å². The number of carbonyl (C=O) groups is 1. The summed E-state index contributed by atoms with van der Waals surface area (Å²) in [6.45, 7) is 5.12. The molecule has 5 rings (SSSR count). The van der Waals surface area contributed by atoms with E-state index in [1.165, 1.54) is 5.56 Å². The number of rotatable bonds is 3. The summed E-state index contributed by atoms with van der Waals surface area (Å²) < 4.78 is 12.8. The highest BCUT2D eigenvalue weighted by Gasteiger charge is 2.28. The van der Waals surface area contributed by atoms with Crippen LogP contribution in [0.5, 0.6) is 11.5 Å². The molecule has 4 heterocycles. The zero-order valence-corrected chi connectivity index (χ0v) is 15.3. The molecular formula is C19H23N5O3. The number of nitrogens with zero attached hydrogens (tertiary/aromatic N) is 5. The number of aromatic nitrogens is 3. The van der Waals surface area contributed by atoms with Crippen LogP contribution >= 0.6 is 0 Å². The minimum Gasteiger partial charge on any atom is -0.454 e. The molecule has 0 atom stereocenters. The second kappa shape index (κ2) is 6.84. The van der Waals surface area contributed by atoms with Gasteiger partial charge in [-0.3, -0.25) is 9.69 Å². The van der Waals surface area contributed by atoms with Crippen molar-refractivity contribution >= 4 is 5.91 Å². The normalized spacial score (nSPS) is 19.2. The van der Waals surface area contributed by atoms with Crippen molar-refractivity contribution in [3.8, 4) is 11.5 Å². The lowest BCUT2D eigenvalue weighted by atomic mass is 10.1. The highest BCUT2D eigenvalue weighted by atomic mass is 16.7. The summed E-state index contributed by atoms with van der Waals surface area (Å²) in [5.41, 5.74) is 1.20. The van der Waals surface area contributed by atoms with Crippen LogP contribution in [0, 0.1) is 0 Å². The number of hydrogen-bond acceptors (Lipinski definition) is 6. The van der Waals surface area contributed by atoms with Gasteiger partial charge < -0.3 is 18.9 Å². The molecule has 0 bridgehead atoms. The van der Waals surface area contributed by atoms with E-state index in [-0.39, 0.29) is 5.91 Å². The SMILES string of the molecule is O=C(c1nnc2n1CCCC2)N1CCN(Cc2ccc3c(c2)OCO3)CC1. The van der Waals surface area contributed by atoms with Crippen molar-refractivity contribution in [2.24, 2.45) is 0 Å². The van der Waals surface area contributed by atoms with Crippen LogP contribution in [-0.2, 0) is 19.5 Å². The van der Waals surface area contributed by atoms with Crippen LogP contribution in [0.2, 0.25) is 0 Å². The van der Waals surface area contributed by atoms with Gasteiger partial charge in [-0.1, -0.05) is 6.07 Å². The third-order valence-corrected chi connectivity index (χ3v) is 5.55. The standard InChI is InChI=1S/C19H23N5O3/c25-19(18-21-20-17-3-1-2-6-24(17)18)23-9-7-22(8-10-23)12-14-4-5-15-16(11-14)27-13-26-15/h4-5,11H,1-3,6-10,12-13H2. The van der Waals surface area contributed by atoms with Crippen molar-refractivity contribution in [2.45, 2.75) is 32.4 Å². The van der Waals surface area contributed by atoms with Crippen LogP contribution in [0.4, 0.5) is 0 Å². The summed E-state index contributed by atoms with van der Waals surface area (Å²) >= 11 is 0. The monoisotopic (exact) mass is 369 g/mol. The Labute approximate surface area is 157 Å². The van der Waals surface area contributed by atoms with Gasteiger partial charge in [0.1, 0.15) is 5.82 Å². The first-order valence-electron chi connectivity index (χ1n) is 9.60. The lowest BCUT2D eigenvalue weighted by molar-refractivity contribution is 0.0610. The summed E-state index contributed by atoms with van der Waals surface area (Å²) in [5, 5.41) is 8.38. The molecule has 1 saturated heterocycles. The number of ether oxygens (including phenoxy) is 2. The largest absolute Gasteiger partial charge is 0.454 e. The van der Waals surface area contributed by atoms with Gasteiger partial charge >= 0.3 is 0 Å². The van der Waals surface area contributed by atoms with E-state index in [0.29, 0.717) is 25.7 Å². The van der Waals surface area contributed by atoms with Crippen LogP contribution < -0.4 is 9.47 Å². The minimum atomic E-state index is 0.0124. The quantitative estimate of drug-likeness (QED) is 0.812. The van der Waals surface area contributed by atoms with Crippen LogP contribution in [0.3, 0.4) is 0 Å². The average Bonchev–Trinajstić information content (AvgIpc) is 3.34. The summed E-state index contributed by atoms with van der Waals surface area (Å²) in [5.74, 6) is 3.10. The smallest absolute Gasteiger partial charge is 0.291 e. The van der Waals surface area contributed by atoms with Gasteiger partial charge in [0.25, 0.3) is 5.91 Å². The maximum Gasteiger partial charge on any atom is 0.291 e. The molecule has 0 aliphatic carbocycles. The summed E-state index contributed by atoms with van der Waals surface area (Å²) in [6.07, 6.45) is 3.14. The van der Waals surface area contributed by atoms with Crippen molar-refractivity contribution in [3.63, 3.8) is 0 Å². The molecule has 3 aliphatic heterocycles. The van der Waals surface area contributed by atoms with E-state index >= 15 is 0 Å². The highest BCUT2D eigenvalue weighted by molar-refractivity contribution is 5.90.